The van der Waals surface area contributed by atoms with Crippen molar-refractivity contribution in [2.75, 3.05) is 18.5 Å². The minimum absolute atomic E-state index is 0.0214. The molecule has 3 rings (SSSR count). The van der Waals surface area contributed by atoms with E-state index >= 15 is 0 Å². The molecule has 0 fully saturated rings. The highest BCUT2D eigenvalue weighted by molar-refractivity contribution is 6.01. The Morgan fingerprint density at radius 1 is 1.16 bits per heavy atom. The van der Waals surface area contributed by atoms with Crippen molar-refractivity contribution in [2.45, 2.75) is 0 Å². The van der Waals surface area contributed by atoms with Gasteiger partial charge in [0, 0.05) is 19.3 Å². The van der Waals surface area contributed by atoms with Gasteiger partial charge in [-0.15, -0.1) is 6.58 Å². The van der Waals surface area contributed by atoms with Crippen molar-refractivity contribution < 1.29 is 9.21 Å². The number of carbonyl (C=O) groups is 1. The first-order chi connectivity index (χ1) is 12.2. The maximum absolute atomic E-state index is 12.9. The van der Waals surface area contributed by atoms with E-state index in [1.165, 1.54) is 7.05 Å². The highest BCUT2D eigenvalue weighted by Crippen LogP contribution is 2.30. The lowest BCUT2D eigenvalue weighted by atomic mass is 10.1. The minimum atomic E-state index is -0.487. The summed E-state index contributed by atoms with van der Waals surface area (Å²) < 4.78 is 5.98. The third-order valence-electron chi connectivity index (χ3n) is 3.86. The van der Waals surface area contributed by atoms with Crippen LogP contribution in [0.5, 0.6) is 0 Å². The third-order valence-corrected chi connectivity index (χ3v) is 3.86. The Labute approximate surface area is 145 Å². The Morgan fingerprint density at radius 2 is 1.84 bits per heavy atom. The number of hydrogen-bond acceptors (Lipinski definition) is 4. The SMILES string of the molecule is C=CCN(c1ccccc1)c1oc2ccccc2c(=O)c1C(=O)NC. The van der Waals surface area contributed by atoms with Crippen LogP contribution in [0.3, 0.4) is 0 Å². The molecule has 0 saturated carbocycles. The second-order valence-electron chi connectivity index (χ2n) is 5.42. The van der Waals surface area contributed by atoms with Gasteiger partial charge in [-0.25, -0.2) is 0 Å². The van der Waals surface area contributed by atoms with E-state index in [1.54, 1.807) is 35.2 Å². The van der Waals surface area contributed by atoms with E-state index in [1.807, 2.05) is 30.3 Å². The number of nitrogens with one attached hydrogen (secondary N) is 1. The Bertz CT molecular complexity index is 977. The van der Waals surface area contributed by atoms with E-state index in [4.69, 9.17) is 4.42 Å². The standard InChI is InChI=1S/C20H18N2O3/c1-3-13-22(14-9-5-4-6-10-14)20-17(19(24)21-2)18(23)15-11-7-8-12-16(15)25-20/h3-12H,1,13H2,2H3,(H,21,24). The number of para-hydroxylation sites is 2. The Kier molecular flexibility index (Phi) is 4.66. The van der Waals surface area contributed by atoms with Crippen molar-refractivity contribution in [3.63, 3.8) is 0 Å². The van der Waals surface area contributed by atoms with Gasteiger partial charge < -0.3 is 14.6 Å². The summed E-state index contributed by atoms with van der Waals surface area (Å²) in [6.07, 6.45) is 1.69. The van der Waals surface area contributed by atoms with Crippen molar-refractivity contribution in [2.24, 2.45) is 0 Å². The molecule has 5 nitrogen and oxygen atoms in total. The lowest BCUT2D eigenvalue weighted by Gasteiger charge is -2.23. The highest BCUT2D eigenvalue weighted by Gasteiger charge is 2.24. The average Bonchev–Trinajstić information content (AvgIpc) is 2.66. The van der Waals surface area contributed by atoms with Crippen molar-refractivity contribution in [1.29, 1.82) is 0 Å². The van der Waals surface area contributed by atoms with Crippen LogP contribution in [0.2, 0.25) is 0 Å². The zero-order valence-electron chi connectivity index (χ0n) is 13.9. The predicted octanol–water partition coefficient (Wildman–Crippen LogP) is 3.48. The summed E-state index contributed by atoms with van der Waals surface area (Å²) >= 11 is 0. The molecule has 2 aromatic carbocycles. The molecule has 0 saturated heterocycles. The first-order valence-corrected chi connectivity index (χ1v) is 7.88. The summed E-state index contributed by atoms with van der Waals surface area (Å²) in [5.74, 6) is -0.284. The van der Waals surface area contributed by atoms with E-state index in [-0.39, 0.29) is 16.9 Å². The first kappa shape index (κ1) is 16.5. The lowest BCUT2D eigenvalue weighted by molar-refractivity contribution is 0.0961. The van der Waals surface area contributed by atoms with Gasteiger partial charge in [-0.05, 0) is 24.3 Å². The van der Waals surface area contributed by atoms with Crippen LogP contribution in [0.1, 0.15) is 10.4 Å². The Balaban J connectivity index is 2.34. The largest absolute Gasteiger partial charge is 0.439 e. The minimum Gasteiger partial charge on any atom is -0.439 e. The molecule has 0 atom stereocenters. The molecule has 0 unspecified atom stereocenters. The summed E-state index contributed by atoms with van der Waals surface area (Å²) in [4.78, 5) is 27.1. The monoisotopic (exact) mass is 334 g/mol. The van der Waals surface area contributed by atoms with E-state index in [0.29, 0.717) is 17.5 Å². The summed E-state index contributed by atoms with van der Waals surface area (Å²) in [7, 11) is 1.49. The number of hydrogen-bond donors (Lipinski definition) is 1. The summed E-state index contributed by atoms with van der Waals surface area (Å²) in [5, 5.41) is 2.90. The Hall–Kier alpha value is -3.34. The van der Waals surface area contributed by atoms with Crippen molar-refractivity contribution in [1.82, 2.24) is 5.32 Å². The van der Waals surface area contributed by atoms with Crippen LogP contribution in [0.15, 0.2) is 76.5 Å². The molecule has 3 aromatic rings. The first-order valence-electron chi connectivity index (χ1n) is 7.88. The molecule has 25 heavy (non-hydrogen) atoms. The predicted molar refractivity (Wildman–Crippen MR) is 99.5 cm³/mol. The smallest absolute Gasteiger partial charge is 0.260 e. The number of anilines is 2. The molecule has 0 aliphatic heterocycles. The van der Waals surface area contributed by atoms with Gasteiger partial charge in [0.15, 0.2) is 0 Å². The van der Waals surface area contributed by atoms with Crippen LogP contribution < -0.4 is 15.6 Å². The van der Waals surface area contributed by atoms with Crippen LogP contribution in [-0.2, 0) is 0 Å². The van der Waals surface area contributed by atoms with Gasteiger partial charge >= 0.3 is 0 Å². The molecule has 126 valence electrons. The van der Waals surface area contributed by atoms with E-state index < -0.39 is 5.91 Å². The van der Waals surface area contributed by atoms with E-state index in [2.05, 4.69) is 11.9 Å². The fraction of sp³-hybridized carbons (Fsp3) is 0.100. The van der Waals surface area contributed by atoms with Crippen LogP contribution in [-0.4, -0.2) is 19.5 Å². The molecule has 1 heterocycles. The molecule has 1 N–H and O–H groups in total. The number of rotatable bonds is 5. The highest BCUT2D eigenvalue weighted by atomic mass is 16.4. The molecule has 5 heteroatoms. The zero-order chi connectivity index (χ0) is 17.8. The number of carbonyl (C=O) groups excluding carboxylic acids is 1. The van der Waals surface area contributed by atoms with Gasteiger partial charge in [-0.2, -0.15) is 0 Å². The second-order valence-corrected chi connectivity index (χ2v) is 5.42. The fourth-order valence-electron chi connectivity index (χ4n) is 2.69. The molecule has 1 aromatic heterocycles. The third kappa shape index (κ3) is 3.04. The van der Waals surface area contributed by atoms with E-state index in [9.17, 15) is 9.59 Å². The summed E-state index contributed by atoms with van der Waals surface area (Å²) in [6.45, 7) is 4.15. The van der Waals surface area contributed by atoms with E-state index in [0.717, 1.165) is 5.69 Å². The molecule has 0 radical (unpaired) electrons. The Morgan fingerprint density at radius 3 is 2.52 bits per heavy atom. The summed E-state index contributed by atoms with van der Waals surface area (Å²) in [5.41, 5.74) is 0.847. The molecule has 0 bridgehead atoms. The average molecular weight is 334 g/mol. The molecule has 0 spiro atoms. The molecular formula is C20H18N2O3. The molecule has 0 aliphatic carbocycles. The maximum Gasteiger partial charge on any atom is 0.260 e. The second kappa shape index (κ2) is 7.05. The van der Waals surface area contributed by atoms with Gasteiger partial charge in [0.25, 0.3) is 5.91 Å². The van der Waals surface area contributed by atoms with Gasteiger partial charge in [-0.1, -0.05) is 36.4 Å². The zero-order valence-corrected chi connectivity index (χ0v) is 13.9. The van der Waals surface area contributed by atoms with Crippen molar-refractivity contribution in [3.8, 4) is 0 Å². The van der Waals surface area contributed by atoms with Gasteiger partial charge in [0.2, 0.25) is 11.3 Å². The fourth-order valence-corrected chi connectivity index (χ4v) is 2.69. The van der Waals surface area contributed by atoms with Crippen LogP contribution in [0.4, 0.5) is 11.6 Å². The lowest BCUT2D eigenvalue weighted by Crippen LogP contribution is -2.30. The van der Waals surface area contributed by atoms with Crippen molar-refractivity contribution >= 4 is 28.4 Å². The topological polar surface area (TPSA) is 62.6 Å². The van der Waals surface area contributed by atoms with Gasteiger partial charge in [0.1, 0.15) is 11.1 Å². The van der Waals surface area contributed by atoms with Crippen LogP contribution in [0.25, 0.3) is 11.0 Å². The quantitative estimate of drug-likeness (QED) is 0.726. The van der Waals surface area contributed by atoms with Crippen LogP contribution >= 0.6 is 0 Å². The number of amides is 1. The van der Waals surface area contributed by atoms with Gasteiger partial charge in [-0.3, -0.25) is 9.59 Å². The molecule has 1 amide bonds. The maximum atomic E-state index is 12.9. The number of benzene rings is 2. The molecule has 0 aliphatic rings. The van der Waals surface area contributed by atoms with Crippen LogP contribution in [0, 0.1) is 0 Å². The number of fused-ring (bicyclic) bond motifs is 1. The normalized spacial score (nSPS) is 10.4. The van der Waals surface area contributed by atoms with Crippen molar-refractivity contribution in [3.05, 3.63) is 83.0 Å². The summed E-state index contributed by atoms with van der Waals surface area (Å²) in [6, 6.07) is 16.3. The molecular weight excluding hydrogens is 316 g/mol. The van der Waals surface area contributed by atoms with Gasteiger partial charge in [0.05, 0.1) is 5.39 Å². The number of nitrogens with zero attached hydrogens (tertiary/aromatic N) is 1.